The molecule has 0 saturated heterocycles. The first kappa shape index (κ1) is 11.9. The second-order valence-electron chi connectivity index (χ2n) is 5.98. The summed E-state index contributed by atoms with van der Waals surface area (Å²) in [6.07, 6.45) is 8.62. The minimum atomic E-state index is -0.0463. The molecule has 0 spiro atoms. The summed E-state index contributed by atoms with van der Waals surface area (Å²) >= 11 is 0. The van der Waals surface area contributed by atoms with Crippen molar-refractivity contribution in [2.24, 2.45) is 17.3 Å². The molecule has 0 amide bonds. The van der Waals surface area contributed by atoms with Crippen LogP contribution in [0.1, 0.15) is 58.8 Å². The molecule has 0 aromatic carbocycles. The van der Waals surface area contributed by atoms with Crippen LogP contribution in [0.25, 0.3) is 0 Å². The number of hydrogen-bond acceptors (Lipinski definition) is 2. The predicted molar refractivity (Wildman–Crippen MR) is 64.0 cm³/mol. The Morgan fingerprint density at radius 1 is 1.25 bits per heavy atom. The zero-order valence-corrected chi connectivity index (χ0v) is 10.6. The molecule has 0 heterocycles. The van der Waals surface area contributed by atoms with Crippen LogP contribution in [-0.2, 0) is 9.53 Å². The maximum absolute atomic E-state index is 12.1. The second kappa shape index (κ2) is 4.77. The molecule has 16 heavy (non-hydrogen) atoms. The molecule has 2 nitrogen and oxygen atoms in total. The molecule has 0 atom stereocenters. The van der Waals surface area contributed by atoms with Gasteiger partial charge in [0.1, 0.15) is 0 Å². The maximum atomic E-state index is 12.1. The average Bonchev–Trinajstić information content (AvgIpc) is 3.08. The van der Waals surface area contributed by atoms with Crippen molar-refractivity contribution in [3.8, 4) is 0 Å². The molecule has 2 aliphatic carbocycles. The third-order valence-electron chi connectivity index (χ3n) is 4.13. The number of carbonyl (C=O) groups excluding carboxylic acids is 1. The second-order valence-corrected chi connectivity index (χ2v) is 5.98. The monoisotopic (exact) mass is 224 g/mol. The molecule has 2 rings (SSSR count). The molecule has 0 aromatic heterocycles. The van der Waals surface area contributed by atoms with E-state index in [1.54, 1.807) is 0 Å². The SMILES string of the molecule is CC(C)COC(=O)C1(C2CCCCC2)CC1. The van der Waals surface area contributed by atoms with Crippen LogP contribution in [0.15, 0.2) is 0 Å². The van der Waals surface area contributed by atoms with Crippen molar-refractivity contribution in [2.75, 3.05) is 6.61 Å². The lowest BCUT2D eigenvalue weighted by Gasteiger charge is -2.29. The lowest BCUT2D eigenvalue weighted by atomic mass is 9.77. The molecule has 2 aliphatic rings. The largest absolute Gasteiger partial charge is 0.465 e. The van der Waals surface area contributed by atoms with Crippen molar-refractivity contribution in [3.05, 3.63) is 0 Å². The van der Waals surface area contributed by atoms with Crippen LogP contribution >= 0.6 is 0 Å². The van der Waals surface area contributed by atoms with Gasteiger partial charge in [0, 0.05) is 0 Å². The van der Waals surface area contributed by atoms with Gasteiger partial charge in [0.25, 0.3) is 0 Å². The molecular formula is C14H24O2. The van der Waals surface area contributed by atoms with Gasteiger partial charge < -0.3 is 4.74 Å². The normalized spacial score (nSPS) is 24.4. The van der Waals surface area contributed by atoms with Crippen LogP contribution in [0.2, 0.25) is 0 Å². The molecule has 2 saturated carbocycles. The molecule has 0 radical (unpaired) electrons. The van der Waals surface area contributed by atoms with E-state index in [0.717, 1.165) is 12.8 Å². The first-order valence-corrected chi connectivity index (χ1v) is 6.82. The predicted octanol–water partition coefficient (Wildman–Crippen LogP) is 3.55. The van der Waals surface area contributed by atoms with Crippen molar-refractivity contribution in [3.63, 3.8) is 0 Å². The molecule has 0 bridgehead atoms. The summed E-state index contributed by atoms with van der Waals surface area (Å²) in [5.41, 5.74) is -0.0463. The molecule has 0 aromatic rings. The van der Waals surface area contributed by atoms with Crippen LogP contribution in [0, 0.1) is 17.3 Å². The molecule has 2 heteroatoms. The smallest absolute Gasteiger partial charge is 0.312 e. The number of carbonyl (C=O) groups is 1. The van der Waals surface area contributed by atoms with E-state index in [-0.39, 0.29) is 11.4 Å². The first-order valence-electron chi connectivity index (χ1n) is 6.82. The Bertz CT molecular complexity index is 247. The average molecular weight is 224 g/mol. The van der Waals surface area contributed by atoms with Gasteiger partial charge in [-0.1, -0.05) is 33.1 Å². The van der Waals surface area contributed by atoms with E-state index >= 15 is 0 Å². The number of rotatable bonds is 4. The highest BCUT2D eigenvalue weighted by Crippen LogP contribution is 2.57. The summed E-state index contributed by atoms with van der Waals surface area (Å²) in [5.74, 6) is 1.18. The van der Waals surface area contributed by atoms with Gasteiger partial charge in [0.15, 0.2) is 0 Å². The summed E-state index contributed by atoms with van der Waals surface area (Å²) in [6, 6.07) is 0. The lowest BCUT2D eigenvalue weighted by molar-refractivity contribution is -0.154. The van der Waals surface area contributed by atoms with Gasteiger partial charge in [0.05, 0.1) is 12.0 Å². The Balaban J connectivity index is 1.88. The van der Waals surface area contributed by atoms with E-state index in [2.05, 4.69) is 13.8 Å². The van der Waals surface area contributed by atoms with Crippen molar-refractivity contribution >= 4 is 5.97 Å². The third kappa shape index (κ3) is 2.41. The van der Waals surface area contributed by atoms with Crippen LogP contribution in [0.5, 0.6) is 0 Å². The van der Waals surface area contributed by atoms with Crippen molar-refractivity contribution in [2.45, 2.75) is 58.8 Å². The fourth-order valence-electron chi connectivity index (χ4n) is 2.95. The van der Waals surface area contributed by atoms with Gasteiger partial charge in [0.2, 0.25) is 0 Å². The minimum absolute atomic E-state index is 0.0463. The molecule has 0 N–H and O–H groups in total. The van der Waals surface area contributed by atoms with Crippen molar-refractivity contribution < 1.29 is 9.53 Å². The van der Waals surface area contributed by atoms with E-state index < -0.39 is 0 Å². The number of hydrogen-bond donors (Lipinski definition) is 0. The van der Waals surface area contributed by atoms with E-state index in [0.29, 0.717) is 18.4 Å². The minimum Gasteiger partial charge on any atom is -0.465 e. The van der Waals surface area contributed by atoms with Crippen LogP contribution in [0.4, 0.5) is 0 Å². The van der Waals surface area contributed by atoms with Gasteiger partial charge in [-0.2, -0.15) is 0 Å². The van der Waals surface area contributed by atoms with Crippen LogP contribution < -0.4 is 0 Å². The number of esters is 1. The van der Waals surface area contributed by atoms with Gasteiger partial charge in [-0.3, -0.25) is 4.79 Å². The zero-order chi connectivity index (χ0) is 11.6. The molecule has 92 valence electrons. The summed E-state index contributed by atoms with van der Waals surface area (Å²) < 4.78 is 5.45. The first-order chi connectivity index (χ1) is 7.65. The quantitative estimate of drug-likeness (QED) is 0.683. The Morgan fingerprint density at radius 3 is 2.38 bits per heavy atom. The highest BCUT2D eigenvalue weighted by molar-refractivity contribution is 5.80. The van der Waals surface area contributed by atoms with E-state index in [9.17, 15) is 4.79 Å². The Morgan fingerprint density at radius 2 is 1.88 bits per heavy atom. The van der Waals surface area contributed by atoms with E-state index in [1.807, 2.05) is 0 Å². The van der Waals surface area contributed by atoms with Crippen molar-refractivity contribution in [1.29, 1.82) is 0 Å². The van der Waals surface area contributed by atoms with Crippen molar-refractivity contribution in [1.82, 2.24) is 0 Å². The van der Waals surface area contributed by atoms with E-state index in [4.69, 9.17) is 4.74 Å². The van der Waals surface area contributed by atoms with E-state index in [1.165, 1.54) is 32.1 Å². The Hall–Kier alpha value is -0.530. The fourth-order valence-corrected chi connectivity index (χ4v) is 2.95. The standard InChI is InChI=1S/C14H24O2/c1-11(2)10-16-13(15)14(8-9-14)12-6-4-3-5-7-12/h11-12H,3-10H2,1-2H3. The van der Waals surface area contributed by atoms with Gasteiger partial charge in [-0.15, -0.1) is 0 Å². The molecular weight excluding hydrogens is 200 g/mol. The Kier molecular flexibility index (Phi) is 3.56. The van der Waals surface area contributed by atoms with Gasteiger partial charge in [-0.05, 0) is 37.5 Å². The van der Waals surface area contributed by atoms with Crippen LogP contribution in [-0.4, -0.2) is 12.6 Å². The maximum Gasteiger partial charge on any atom is 0.312 e. The summed E-state index contributed by atoms with van der Waals surface area (Å²) in [7, 11) is 0. The molecule has 0 aliphatic heterocycles. The lowest BCUT2D eigenvalue weighted by Crippen LogP contribution is -2.30. The summed E-state index contributed by atoms with van der Waals surface area (Å²) in [6.45, 7) is 4.77. The molecule has 2 fully saturated rings. The fraction of sp³-hybridized carbons (Fsp3) is 0.929. The van der Waals surface area contributed by atoms with Crippen LogP contribution in [0.3, 0.4) is 0 Å². The third-order valence-corrected chi connectivity index (χ3v) is 4.13. The summed E-state index contributed by atoms with van der Waals surface area (Å²) in [4.78, 5) is 12.1. The highest BCUT2D eigenvalue weighted by Gasteiger charge is 2.56. The topological polar surface area (TPSA) is 26.3 Å². The summed E-state index contributed by atoms with van der Waals surface area (Å²) in [5, 5.41) is 0. The van der Waals surface area contributed by atoms with Gasteiger partial charge >= 0.3 is 5.97 Å². The Labute approximate surface area is 98.7 Å². The highest BCUT2D eigenvalue weighted by atomic mass is 16.5. The van der Waals surface area contributed by atoms with Gasteiger partial charge in [-0.25, -0.2) is 0 Å². The zero-order valence-electron chi connectivity index (χ0n) is 10.6. The molecule has 0 unspecified atom stereocenters. The number of ether oxygens (including phenoxy) is 1.